The third kappa shape index (κ3) is 3.59. The highest BCUT2D eigenvalue weighted by atomic mass is 16.5. The molecule has 5 heteroatoms. The van der Waals surface area contributed by atoms with E-state index in [1.165, 1.54) is 0 Å². The second-order valence-corrected chi connectivity index (χ2v) is 6.17. The van der Waals surface area contributed by atoms with Gasteiger partial charge < -0.3 is 15.4 Å². The van der Waals surface area contributed by atoms with E-state index in [-0.39, 0.29) is 11.8 Å². The maximum absolute atomic E-state index is 12.5. The van der Waals surface area contributed by atoms with Crippen LogP contribution in [0.3, 0.4) is 0 Å². The molecule has 0 aromatic heterocycles. The standard InChI is InChI=1S/C17H24N2O3/c1-12(2)8-11-18-15(20)17(9-10-17)16(21)19-13-6-4-5-7-14(13)22-3/h4-7,12H,8-11H2,1-3H3,(H,18,20)(H,19,21). The monoisotopic (exact) mass is 304 g/mol. The van der Waals surface area contributed by atoms with Crippen LogP contribution in [0.2, 0.25) is 0 Å². The largest absolute Gasteiger partial charge is 0.495 e. The molecule has 2 rings (SSSR count). The van der Waals surface area contributed by atoms with Gasteiger partial charge in [0.05, 0.1) is 12.8 Å². The summed E-state index contributed by atoms with van der Waals surface area (Å²) in [6.07, 6.45) is 2.11. The van der Waals surface area contributed by atoms with Gasteiger partial charge in [-0.25, -0.2) is 0 Å². The minimum Gasteiger partial charge on any atom is -0.495 e. The normalized spacial score (nSPS) is 15.3. The molecule has 0 aliphatic heterocycles. The average molecular weight is 304 g/mol. The second kappa shape index (κ2) is 6.81. The number of nitrogens with one attached hydrogen (secondary N) is 2. The van der Waals surface area contributed by atoms with Gasteiger partial charge in [0.2, 0.25) is 11.8 Å². The molecule has 0 saturated heterocycles. The SMILES string of the molecule is COc1ccccc1NC(=O)C1(C(=O)NCCC(C)C)CC1. The lowest BCUT2D eigenvalue weighted by Gasteiger charge is -2.17. The van der Waals surface area contributed by atoms with Crippen LogP contribution < -0.4 is 15.4 Å². The molecule has 0 radical (unpaired) electrons. The van der Waals surface area contributed by atoms with E-state index in [4.69, 9.17) is 4.74 Å². The van der Waals surface area contributed by atoms with Crippen molar-refractivity contribution >= 4 is 17.5 Å². The Hall–Kier alpha value is -2.04. The van der Waals surface area contributed by atoms with Crippen LogP contribution in [0.1, 0.15) is 33.1 Å². The first-order chi connectivity index (χ1) is 10.5. The number of hydrogen-bond acceptors (Lipinski definition) is 3. The summed E-state index contributed by atoms with van der Waals surface area (Å²) in [7, 11) is 1.55. The van der Waals surface area contributed by atoms with E-state index in [1.807, 2.05) is 12.1 Å². The lowest BCUT2D eigenvalue weighted by molar-refractivity contribution is -0.134. The molecule has 1 fully saturated rings. The molecule has 2 N–H and O–H groups in total. The summed E-state index contributed by atoms with van der Waals surface area (Å²) in [6.45, 7) is 4.82. The fourth-order valence-corrected chi connectivity index (χ4v) is 2.32. The second-order valence-electron chi connectivity index (χ2n) is 6.17. The molecular weight excluding hydrogens is 280 g/mol. The topological polar surface area (TPSA) is 67.4 Å². The number of methoxy groups -OCH3 is 1. The van der Waals surface area contributed by atoms with Gasteiger partial charge in [-0.3, -0.25) is 9.59 Å². The van der Waals surface area contributed by atoms with Gasteiger partial charge in [0.1, 0.15) is 11.2 Å². The highest BCUT2D eigenvalue weighted by Gasteiger charge is 2.56. The van der Waals surface area contributed by atoms with E-state index in [1.54, 1.807) is 19.2 Å². The Morgan fingerprint density at radius 3 is 2.50 bits per heavy atom. The van der Waals surface area contributed by atoms with Crippen molar-refractivity contribution in [2.24, 2.45) is 11.3 Å². The number of benzene rings is 1. The van der Waals surface area contributed by atoms with Gasteiger partial charge in [-0.2, -0.15) is 0 Å². The Morgan fingerprint density at radius 2 is 1.91 bits per heavy atom. The van der Waals surface area contributed by atoms with Crippen LogP contribution in [-0.2, 0) is 9.59 Å². The molecule has 1 aromatic rings. The number of amides is 2. The zero-order valence-electron chi connectivity index (χ0n) is 13.4. The molecule has 1 aromatic carbocycles. The number of anilines is 1. The van der Waals surface area contributed by atoms with Crippen LogP contribution in [0.5, 0.6) is 5.75 Å². The zero-order chi connectivity index (χ0) is 16.2. The van der Waals surface area contributed by atoms with Crippen LogP contribution in [0, 0.1) is 11.3 Å². The predicted octanol–water partition coefficient (Wildman–Crippen LogP) is 2.58. The van der Waals surface area contributed by atoms with Gasteiger partial charge in [-0.05, 0) is 37.3 Å². The molecule has 1 saturated carbocycles. The van der Waals surface area contributed by atoms with E-state index in [2.05, 4.69) is 24.5 Å². The van der Waals surface area contributed by atoms with Crippen LogP contribution >= 0.6 is 0 Å². The van der Waals surface area contributed by atoms with Crippen molar-refractivity contribution in [1.82, 2.24) is 5.32 Å². The molecule has 0 bridgehead atoms. The van der Waals surface area contributed by atoms with Crippen molar-refractivity contribution in [1.29, 1.82) is 0 Å². The fraction of sp³-hybridized carbons (Fsp3) is 0.529. The summed E-state index contributed by atoms with van der Waals surface area (Å²) in [6, 6.07) is 7.20. The number of carbonyl (C=O) groups excluding carboxylic acids is 2. The van der Waals surface area contributed by atoms with Crippen LogP contribution in [0.25, 0.3) is 0 Å². The summed E-state index contributed by atoms with van der Waals surface area (Å²) < 4.78 is 5.22. The van der Waals surface area contributed by atoms with Crippen molar-refractivity contribution in [3.63, 3.8) is 0 Å². The highest BCUT2D eigenvalue weighted by molar-refractivity contribution is 6.13. The Labute approximate surface area is 131 Å². The van der Waals surface area contributed by atoms with Gasteiger partial charge >= 0.3 is 0 Å². The molecule has 0 atom stereocenters. The first-order valence-electron chi connectivity index (χ1n) is 7.72. The minimum absolute atomic E-state index is 0.166. The Balaban J connectivity index is 1.98. The number of carbonyl (C=O) groups is 2. The van der Waals surface area contributed by atoms with E-state index < -0.39 is 5.41 Å². The van der Waals surface area contributed by atoms with Gasteiger partial charge in [-0.15, -0.1) is 0 Å². The third-order valence-electron chi connectivity index (χ3n) is 3.98. The smallest absolute Gasteiger partial charge is 0.240 e. The van der Waals surface area contributed by atoms with Gasteiger partial charge in [0.15, 0.2) is 0 Å². The van der Waals surface area contributed by atoms with E-state index in [0.29, 0.717) is 36.7 Å². The van der Waals surface area contributed by atoms with Gasteiger partial charge in [0, 0.05) is 6.54 Å². The summed E-state index contributed by atoms with van der Waals surface area (Å²) in [5.74, 6) is 0.698. The molecule has 2 amide bonds. The van der Waals surface area contributed by atoms with Crippen molar-refractivity contribution in [3.05, 3.63) is 24.3 Å². The summed E-state index contributed by atoms with van der Waals surface area (Å²) in [5.41, 5.74) is -0.311. The molecular formula is C17H24N2O3. The highest BCUT2D eigenvalue weighted by Crippen LogP contribution is 2.47. The Kier molecular flexibility index (Phi) is 5.06. The Morgan fingerprint density at radius 1 is 1.23 bits per heavy atom. The van der Waals surface area contributed by atoms with Crippen LogP contribution in [0.4, 0.5) is 5.69 Å². The van der Waals surface area contributed by atoms with Crippen molar-refractivity contribution in [2.45, 2.75) is 33.1 Å². The number of hydrogen-bond donors (Lipinski definition) is 2. The van der Waals surface area contributed by atoms with Crippen LogP contribution in [-0.4, -0.2) is 25.5 Å². The van der Waals surface area contributed by atoms with E-state index in [0.717, 1.165) is 6.42 Å². The predicted molar refractivity (Wildman–Crippen MR) is 85.8 cm³/mol. The lowest BCUT2D eigenvalue weighted by atomic mass is 10.0. The summed E-state index contributed by atoms with van der Waals surface area (Å²) in [4.78, 5) is 24.8. The van der Waals surface area contributed by atoms with Crippen molar-refractivity contribution < 1.29 is 14.3 Å². The van der Waals surface area contributed by atoms with Crippen molar-refractivity contribution in [2.75, 3.05) is 19.0 Å². The first-order valence-corrected chi connectivity index (χ1v) is 7.72. The molecule has 1 aliphatic rings. The molecule has 0 spiro atoms. The number of para-hydroxylation sites is 2. The van der Waals surface area contributed by atoms with E-state index in [9.17, 15) is 9.59 Å². The molecule has 22 heavy (non-hydrogen) atoms. The van der Waals surface area contributed by atoms with Gasteiger partial charge in [0.25, 0.3) is 0 Å². The number of ether oxygens (including phenoxy) is 1. The third-order valence-corrected chi connectivity index (χ3v) is 3.98. The molecule has 0 unspecified atom stereocenters. The molecule has 0 heterocycles. The van der Waals surface area contributed by atoms with Gasteiger partial charge in [-0.1, -0.05) is 26.0 Å². The average Bonchev–Trinajstić information content (AvgIpc) is 3.29. The van der Waals surface area contributed by atoms with E-state index >= 15 is 0 Å². The molecule has 120 valence electrons. The maximum Gasteiger partial charge on any atom is 0.240 e. The summed E-state index contributed by atoms with van der Waals surface area (Å²) in [5, 5.41) is 5.70. The lowest BCUT2D eigenvalue weighted by Crippen LogP contribution is -2.40. The zero-order valence-corrected chi connectivity index (χ0v) is 13.4. The minimum atomic E-state index is -0.905. The molecule has 5 nitrogen and oxygen atoms in total. The Bertz CT molecular complexity index is 551. The fourth-order valence-electron chi connectivity index (χ4n) is 2.32. The summed E-state index contributed by atoms with van der Waals surface area (Å²) >= 11 is 0. The van der Waals surface area contributed by atoms with Crippen LogP contribution in [0.15, 0.2) is 24.3 Å². The quantitative estimate of drug-likeness (QED) is 0.761. The maximum atomic E-state index is 12.5. The first kappa shape index (κ1) is 16.3. The molecule has 1 aliphatic carbocycles. The van der Waals surface area contributed by atoms with Crippen molar-refractivity contribution in [3.8, 4) is 5.75 Å². The number of rotatable bonds is 7.